The summed E-state index contributed by atoms with van der Waals surface area (Å²) in [5, 5.41) is 3.03. The molecule has 1 saturated carbocycles. The van der Waals surface area contributed by atoms with Crippen LogP contribution in [0.5, 0.6) is 0 Å². The zero-order valence-corrected chi connectivity index (χ0v) is 19.6. The highest BCUT2D eigenvalue weighted by molar-refractivity contribution is 5.88. The van der Waals surface area contributed by atoms with Crippen molar-refractivity contribution >= 4 is 30.7 Å². The van der Waals surface area contributed by atoms with Gasteiger partial charge in [-0.25, -0.2) is 0 Å². The summed E-state index contributed by atoms with van der Waals surface area (Å²) in [6, 6.07) is 8.85. The molecule has 2 atom stereocenters. The van der Waals surface area contributed by atoms with Crippen LogP contribution in [0.4, 0.5) is 0 Å². The van der Waals surface area contributed by atoms with E-state index in [-0.39, 0.29) is 42.2 Å². The Hall–Kier alpha value is -0.850. The van der Waals surface area contributed by atoms with Gasteiger partial charge < -0.3 is 15.8 Å². The maximum absolute atomic E-state index is 12.7. The molecule has 28 heavy (non-hydrogen) atoms. The third-order valence-electron chi connectivity index (χ3n) is 5.99. The van der Waals surface area contributed by atoms with Gasteiger partial charge in [0.15, 0.2) is 0 Å². The van der Waals surface area contributed by atoms with E-state index >= 15 is 0 Å². The lowest BCUT2D eigenvalue weighted by molar-refractivity contribution is -0.170. The molecule has 0 heterocycles. The van der Waals surface area contributed by atoms with Crippen molar-refractivity contribution in [3.63, 3.8) is 0 Å². The molecule has 1 amide bonds. The van der Waals surface area contributed by atoms with Gasteiger partial charge in [-0.3, -0.25) is 9.69 Å². The number of halogens is 2. The van der Waals surface area contributed by atoms with Crippen molar-refractivity contribution in [2.24, 2.45) is 11.1 Å². The van der Waals surface area contributed by atoms with Crippen LogP contribution in [0.2, 0.25) is 0 Å². The van der Waals surface area contributed by atoms with E-state index in [9.17, 15) is 4.79 Å². The number of carbonyl (C=O) groups excluding carboxylic acids is 1. The summed E-state index contributed by atoms with van der Waals surface area (Å²) in [5.41, 5.74) is 7.54. The fourth-order valence-corrected chi connectivity index (χ4v) is 3.47. The summed E-state index contributed by atoms with van der Waals surface area (Å²) in [4.78, 5) is 15.0. The first-order valence-electron chi connectivity index (χ1n) is 9.58. The van der Waals surface area contributed by atoms with E-state index < -0.39 is 5.54 Å². The lowest BCUT2D eigenvalue weighted by atomic mass is 9.54. The molecule has 3 N–H and O–H groups in total. The Bertz CT molecular complexity index is 640. The molecule has 0 aliphatic heterocycles. The summed E-state index contributed by atoms with van der Waals surface area (Å²) in [7, 11) is 2.12. The fraction of sp³-hybridized carbons (Fsp3) is 0.667. The van der Waals surface area contributed by atoms with Crippen molar-refractivity contribution in [1.82, 2.24) is 10.2 Å². The van der Waals surface area contributed by atoms with Crippen LogP contribution in [0.15, 0.2) is 24.3 Å². The second kappa shape index (κ2) is 10.8. The smallest absolute Gasteiger partial charge is 0.241 e. The number of carbonyl (C=O) groups is 1. The average molecular weight is 434 g/mol. The zero-order valence-electron chi connectivity index (χ0n) is 18.0. The van der Waals surface area contributed by atoms with Crippen LogP contribution in [0.25, 0.3) is 0 Å². The monoisotopic (exact) mass is 433 g/mol. The van der Waals surface area contributed by atoms with E-state index in [2.05, 4.69) is 43.2 Å². The van der Waals surface area contributed by atoms with Crippen molar-refractivity contribution in [2.45, 2.75) is 71.8 Å². The molecular formula is C21H37Cl2N3O2. The lowest BCUT2D eigenvalue weighted by Crippen LogP contribution is -2.75. The van der Waals surface area contributed by atoms with Crippen LogP contribution in [-0.4, -0.2) is 42.1 Å². The van der Waals surface area contributed by atoms with E-state index in [1.54, 1.807) is 0 Å². The van der Waals surface area contributed by atoms with Gasteiger partial charge in [0.05, 0.1) is 6.10 Å². The van der Waals surface area contributed by atoms with Crippen LogP contribution in [0, 0.1) is 5.41 Å². The molecule has 0 radical (unpaired) electrons. The van der Waals surface area contributed by atoms with E-state index in [1.807, 2.05) is 32.9 Å². The Balaban J connectivity index is 0.00000364. The molecule has 1 fully saturated rings. The summed E-state index contributed by atoms with van der Waals surface area (Å²) in [6.07, 6.45) is 0.608. The number of ether oxygens (including phenoxy) is 1. The van der Waals surface area contributed by atoms with Gasteiger partial charge in [0.1, 0.15) is 5.54 Å². The molecule has 0 spiro atoms. The van der Waals surface area contributed by atoms with Crippen molar-refractivity contribution < 1.29 is 9.53 Å². The van der Waals surface area contributed by atoms with Crippen LogP contribution in [0.1, 0.15) is 52.2 Å². The minimum absolute atomic E-state index is 0. The first-order chi connectivity index (χ1) is 12.1. The molecule has 1 aliphatic carbocycles. The zero-order chi connectivity index (χ0) is 19.5. The van der Waals surface area contributed by atoms with Gasteiger partial charge >= 0.3 is 0 Å². The summed E-state index contributed by atoms with van der Waals surface area (Å²) >= 11 is 0. The number of benzene rings is 1. The van der Waals surface area contributed by atoms with Crippen LogP contribution in [-0.2, 0) is 22.6 Å². The van der Waals surface area contributed by atoms with Gasteiger partial charge in [0, 0.05) is 37.6 Å². The maximum Gasteiger partial charge on any atom is 0.241 e. The maximum atomic E-state index is 12.7. The second-order valence-electron chi connectivity index (χ2n) is 8.35. The summed E-state index contributed by atoms with van der Waals surface area (Å²) in [5.74, 6) is -0.0943. The van der Waals surface area contributed by atoms with Crippen LogP contribution in [0.3, 0.4) is 0 Å². The predicted octanol–water partition coefficient (Wildman–Crippen LogP) is 3.52. The number of hydrogen-bond acceptors (Lipinski definition) is 4. The first-order valence-corrected chi connectivity index (χ1v) is 9.58. The van der Waals surface area contributed by atoms with Crippen LogP contribution >= 0.6 is 24.8 Å². The van der Waals surface area contributed by atoms with Crippen molar-refractivity contribution in [2.75, 3.05) is 13.7 Å². The number of hydrogen-bond donors (Lipinski definition) is 2. The molecule has 2 rings (SSSR count). The number of amides is 1. The predicted molar refractivity (Wildman–Crippen MR) is 120 cm³/mol. The molecule has 0 bridgehead atoms. The van der Waals surface area contributed by atoms with E-state index in [4.69, 9.17) is 10.5 Å². The van der Waals surface area contributed by atoms with Gasteiger partial charge in [-0.05, 0) is 38.9 Å². The number of nitrogens with two attached hydrogens (primary N) is 1. The van der Waals surface area contributed by atoms with E-state index in [1.165, 1.54) is 5.56 Å². The summed E-state index contributed by atoms with van der Waals surface area (Å²) < 4.78 is 5.71. The Morgan fingerprint density at radius 3 is 2.46 bits per heavy atom. The van der Waals surface area contributed by atoms with Crippen molar-refractivity contribution in [1.29, 1.82) is 0 Å². The lowest BCUT2D eigenvalue weighted by Gasteiger charge is -2.57. The third-order valence-corrected chi connectivity index (χ3v) is 5.99. The van der Waals surface area contributed by atoms with Crippen molar-refractivity contribution in [3.8, 4) is 0 Å². The number of rotatable bonds is 8. The number of nitrogens with one attached hydrogen (secondary N) is 1. The van der Waals surface area contributed by atoms with Gasteiger partial charge in [0.2, 0.25) is 5.91 Å². The Kier molecular flexibility index (Phi) is 10.5. The molecule has 7 heteroatoms. The van der Waals surface area contributed by atoms with Gasteiger partial charge in [-0.1, -0.05) is 38.1 Å². The average Bonchev–Trinajstić information content (AvgIpc) is 2.59. The molecule has 1 aromatic rings. The number of nitrogens with zero attached hydrogens (tertiary/aromatic N) is 1. The Labute approximate surface area is 182 Å². The minimum Gasteiger partial charge on any atom is -0.378 e. The molecule has 0 aromatic heterocycles. The molecule has 5 nitrogen and oxygen atoms in total. The second-order valence-corrected chi connectivity index (χ2v) is 8.35. The van der Waals surface area contributed by atoms with Crippen molar-refractivity contribution in [3.05, 3.63) is 35.4 Å². The third kappa shape index (κ3) is 5.61. The van der Waals surface area contributed by atoms with Gasteiger partial charge in [-0.2, -0.15) is 0 Å². The minimum atomic E-state index is -0.873. The highest BCUT2D eigenvalue weighted by Crippen LogP contribution is 2.49. The van der Waals surface area contributed by atoms with Crippen LogP contribution < -0.4 is 11.1 Å². The normalized spacial score (nSPS) is 22.8. The molecule has 162 valence electrons. The summed E-state index contributed by atoms with van der Waals surface area (Å²) in [6.45, 7) is 12.4. The molecule has 1 aromatic carbocycles. The highest BCUT2D eigenvalue weighted by atomic mass is 35.5. The molecule has 2 unspecified atom stereocenters. The molecule has 0 saturated heterocycles. The molecule has 1 aliphatic rings. The fourth-order valence-electron chi connectivity index (χ4n) is 3.47. The quantitative estimate of drug-likeness (QED) is 0.657. The first kappa shape index (κ1) is 27.1. The van der Waals surface area contributed by atoms with E-state index in [0.29, 0.717) is 25.6 Å². The largest absolute Gasteiger partial charge is 0.378 e. The Morgan fingerprint density at radius 1 is 1.32 bits per heavy atom. The Morgan fingerprint density at radius 2 is 1.93 bits per heavy atom. The topological polar surface area (TPSA) is 67.6 Å². The van der Waals surface area contributed by atoms with E-state index in [0.717, 1.165) is 12.1 Å². The SMILES string of the molecule is CCOC1CC(N)(C(=O)NCc2cccc(CN(C)C(C)C)c2)C1(C)C.Cl.Cl. The standard InChI is InChI=1S/C21H35N3O2.2ClH/c1-7-26-18-12-21(22,20(18,4)5)19(25)23-13-16-9-8-10-17(11-16)14-24(6)15(2)3;;/h8-11,15,18H,7,12-14,22H2,1-6H3,(H,23,25);2*1H. The molecular weight excluding hydrogens is 397 g/mol. The highest BCUT2D eigenvalue weighted by Gasteiger charge is 2.62. The van der Waals surface area contributed by atoms with Gasteiger partial charge in [-0.15, -0.1) is 24.8 Å². The van der Waals surface area contributed by atoms with Gasteiger partial charge in [0.25, 0.3) is 0 Å².